The van der Waals surface area contributed by atoms with E-state index in [9.17, 15) is 8.42 Å². The van der Waals surface area contributed by atoms with Crippen LogP contribution in [0, 0.1) is 0 Å². The maximum Gasteiger partial charge on any atom is 0.250 e. The SMILES string of the molecule is CCc1ccc(S(=O)(=O)NCc2nc3ccccc3n2C)s1. The van der Waals surface area contributed by atoms with Gasteiger partial charge in [-0.1, -0.05) is 19.1 Å². The van der Waals surface area contributed by atoms with Gasteiger partial charge in [0.1, 0.15) is 10.0 Å². The molecule has 1 aromatic carbocycles. The van der Waals surface area contributed by atoms with Crippen LogP contribution in [0.25, 0.3) is 11.0 Å². The van der Waals surface area contributed by atoms with Crippen molar-refractivity contribution in [2.45, 2.75) is 24.1 Å². The van der Waals surface area contributed by atoms with Crippen molar-refractivity contribution < 1.29 is 8.42 Å². The second-order valence-corrected chi connectivity index (χ2v) is 8.14. The summed E-state index contributed by atoms with van der Waals surface area (Å²) in [6.45, 7) is 2.18. The molecular formula is C15H17N3O2S2. The summed E-state index contributed by atoms with van der Waals surface area (Å²) in [6, 6.07) is 11.2. The van der Waals surface area contributed by atoms with Gasteiger partial charge in [-0.3, -0.25) is 0 Å². The molecule has 3 aromatic rings. The Morgan fingerprint density at radius 1 is 1.23 bits per heavy atom. The van der Waals surface area contributed by atoms with E-state index in [-0.39, 0.29) is 6.54 Å². The number of para-hydroxylation sites is 2. The van der Waals surface area contributed by atoms with Crippen LogP contribution in [0.4, 0.5) is 0 Å². The van der Waals surface area contributed by atoms with E-state index in [1.165, 1.54) is 11.3 Å². The molecule has 0 amide bonds. The molecule has 7 heteroatoms. The number of imidazole rings is 1. The summed E-state index contributed by atoms with van der Waals surface area (Å²) >= 11 is 1.31. The molecule has 0 unspecified atom stereocenters. The number of sulfonamides is 1. The molecule has 1 N–H and O–H groups in total. The maximum atomic E-state index is 12.3. The number of rotatable bonds is 5. The third-order valence-electron chi connectivity index (χ3n) is 3.55. The lowest BCUT2D eigenvalue weighted by Crippen LogP contribution is -2.24. The van der Waals surface area contributed by atoms with E-state index in [1.54, 1.807) is 6.07 Å². The summed E-state index contributed by atoms with van der Waals surface area (Å²) in [6.07, 6.45) is 0.838. The van der Waals surface area contributed by atoms with E-state index in [0.29, 0.717) is 10.0 Å². The monoisotopic (exact) mass is 335 g/mol. The molecule has 0 spiro atoms. The fourth-order valence-electron chi connectivity index (χ4n) is 2.28. The lowest BCUT2D eigenvalue weighted by Gasteiger charge is -2.05. The van der Waals surface area contributed by atoms with Gasteiger partial charge in [0.15, 0.2) is 0 Å². The van der Waals surface area contributed by atoms with E-state index >= 15 is 0 Å². The lowest BCUT2D eigenvalue weighted by atomic mass is 10.3. The highest BCUT2D eigenvalue weighted by atomic mass is 32.2. The zero-order chi connectivity index (χ0) is 15.7. The average Bonchev–Trinajstić information content (AvgIpc) is 3.11. The lowest BCUT2D eigenvalue weighted by molar-refractivity contribution is 0.580. The van der Waals surface area contributed by atoms with E-state index in [1.807, 2.05) is 48.9 Å². The van der Waals surface area contributed by atoms with Crippen molar-refractivity contribution in [3.8, 4) is 0 Å². The Balaban J connectivity index is 1.82. The smallest absolute Gasteiger partial charge is 0.250 e. The molecule has 0 radical (unpaired) electrons. The molecule has 2 aromatic heterocycles. The normalized spacial score (nSPS) is 12.1. The predicted octanol–water partition coefficient (Wildman–Crippen LogP) is 2.68. The zero-order valence-corrected chi connectivity index (χ0v) is 14.0. The summed E-state index contributed by atoms with van der Waals surface area (Å²) in [7, 11) is -1.60. The molecule has 116 valence electrons. The highest BCUT2D eigenvalue weighted by Crippen LogP contribution is 2.22. The summed E-state index contributed by atoms with van der Waals surface area (Å²) < 4.78 is 29.5. The van der Waals surface area contributed by atoms with Crippen LogP contribution < -0.4 is 4.72 Å². The molecule has 0 fully saturated rings. The summed E-state index contributed by atoms with van der Waals surface area (Å²) in [5.74, 6) is 0.692. The first-order valence-electron chi connectivity index (χ1n) is 7.00. The molecular weight excluding hydrogens is 318 g/mol. The van der Waals surface area contributed by atoms with Gasteiger partial charge in [0, 0.05) is 11.9 Å². The van der Waals surface area contributed by atoms with E-state index < -0.39 is 10.0 Å². The number of nitrogens with zero attached hydrogens (tertiary/aromatic N) is 2. The van der Waals surface area contributed by atoms with Crippen molar-refractivity contribution in [3.63, 3.8) is 0 Å². The minimum absolute atomic E-state index is 0.173. The van der Waals surface area contributed by atoms with E-state index in [0.717, 1.165) is 22.3 Å². The van der Waals surface area contributed by atoms with Gasteiger partial charge in [-0.15, -0.1) is 11.3 Å². The van der Waals surface area contributed by atoms with Crippen LogP contribution >= 0.6 is 11.3 Å². The molecule has 0 aliphatic carbocycles. The third-order valence-corrected chi connectivity index (χ3v) is 6.67. The van der Waals surface area contributed by atoms with Crippen LogP contribution in [0.1, 0.15) is 17.6 Å². The zero-order valence-electron chi connectivity index (χ0n) is 12.4. The van der Waals surface area contributed by atoms with Gasteiger partial charge in [0.2, 0.25) is 10.0 Å². The molecule has 0 saturated carbocycles. The van der Waals surface area contributed by atoms with E-state index in [2.05, 4.69) is 9.71 Å². The van der Waals surface area contributed by atoms with Crippen LogP contribution in [0.15, 0.2) is 40.6 Å². The number of thiophene rings is 1. The Morgan fingerprint density at radius 2 is 2.00 bits per heavy atom. The fourth-order valence-corrected chi connectivity index (χ4v) is 4.60. The van der Waals surface area contributed by atoms with Crippen molar-refractivity contribution in [1.29, 1.82) is 0 Å². The first kappa shape index (κ1) is 15.2. The van der Waals surface area contributed by atoms with Crippen molar-refractivity contribution in [3.05, 3.63) is 47.1 Å². The van der Waals surface area contributed by atoms with Gasteiger partial charge >= 0.3 is 0 Å². The molecule has 22 heavy (non-hydrogen) atoms. The summed E-state index contributed by atoms with van der Waals surface area (Å²) in [5.41, 5.74) is 1.85. The maximum absolute atomic E-state index is 12.3. The second-order valence-electron chi connectivity index (χ2n) is 4.97. The molecule has 0 aliphatic rings. The number of benzene rings is 1. The summed E-state index contributed by atoms with van der Waals surface area (Å²) in [5, 5.41) is 0. The molecule has 2 heterocycles. The summed E-state index contributed by atoms with van der Waals surface area (Å²) in [4.78, 5) is 5.53. The Bertz CT molecular complexity index is 910. The molecule has 0 saturated heterocycles. The number of aryl methyl sites for hydroxylation is 2. The van der Waals surface area contributed by atoms with Gasteiger partial charge in [0.05, 0.1) is 17.6 Å². The minimum atomic E-state index is -3.49. The van der Waals surface area contributed by atoms with Crippen molar-refractivity contribution in [2.75, 3.05) is 0 Å². The topological polar surface area (TPSA) is 64.0 Å². The van der Waals surface area contributed by atoms with Gasteiger partial charge in [-0.05, 0) is 30.7 Å². The van der Waals surface area contributed by atoms with Crippen molar-refractivity contribution in [1.82, 2.24) is 14.3 Å². The largest absolute Gasteiger partial charge is 0.330 e. The number of nitrogens with one attached hydrogen (secondary N) is 1. The number of hydrogen-bond acceptors (Lipinski definition) is 4. The molecule has 0 aliphatic heterocycles. The molecule has 0 atom stereocenters. The number of fused-ring (bicyclic) bond motifs is 1. The first-order valence-corrected chi connectivity index (χ1v) is 9.30. The average molecular weight is 335 g/mol. The quantitative estimate of drug-likeness (QED) is 0.780. The Labute approximate surface area is 133 Å². The van der Waals surface area contributed by atoms with Gasteiger partial charge < -0.3 is 4.57 Å². The van der Waals surface area contributed by atoms with Crippen LogP contribution in [-0.2, 0) is 30.0 Å². The molecule has 0 bridgehead atoms. The highest BCUT2D eigenvalue weighted by Gasteiger charge is 2.17. The van der Waals surface area contributed by atoms with E-state index in [4.69, 9.17) is 0 Å². The Hall–Kier alpha value is -1.70. The third kappa shape index (κ3) is 2.79. The minimum Gasteiger partial charge on any atom is -0.330 e. The Kier molecular flexibility index (Phi) is 4.03. The Morgan fingerprint density at radius 3 is 2.68 bits per heavy atom. The predicted molar refractivity (Wildman–Crippen MR) is 88.4 cm³/mol. The van der Waals surface area contributed by atoms with Crippen molar-refractivity contribution in [2.24, 2.45) is 7.05 Å². The van der Waals surface area contributed by atoms with Crippen molar-refractivity contribution >= 4 is 32.4 Å². The van der Waals surface area contributed by atoms with Crippen LogP contribution in [-0.4, -0.2) is 18.0 Å². The van der Waals surface area contributed by atoms with Crippen LogP contribution in [0.5, 0.6) is 0 Å². The molecule has 5 nitrogen and oxygen atoms in total. The highest BCUT2D eigenvalue weighted by molar-refractivity contribution is 7.91. The van der Waals surface area contributed by atoms with Gasteiger partial charge in [-0.2, -0.15) is 0 Å². The number of aromatic nitrogens is 2. The van der Waals surface area contributed by atoms with Crippen LogP contribution in [0.3, 0.4) is 0 Å². The first-order chi connectivity index (χ1) is 10.5. The molecule has 3 rings (SSSR count). The second kappa shape index (κ2) is 5.83. The van der Waals surface area contributed by atoms with Crippen LogP contribution in [0.2, 0.25) is 0 Å². The number of hydrogen-bond donors (Lipinski definition) is 1. The van der Waals surface area contributed by atoms with Gasteiger partial charge in [0.25, 0.3) is 0 Å². The fraction of sp³-hybridized carbons (Fsp3) is 0.267. The standard InChI is InChI=1S/C15H17N3O2S2/c1-3-11-8-9-15(21-11)22(19,20)16-10-14-17-12-6-4-5-7-13(12)18(14)2/h4-9,16H,3,10H2,1-2H3. The van der Waals surface area contributed by atoms with Gasteiger partial charge in [-0.25, -0.2) is 18.1 Å².